The summed E-state index contributed by atoms with van der Waals surface area (Å²) >= 11 is 5.80. The van der Waals surface area contributed by atoms with E-state index in [1.165, 1.54) is 6.26 Å². The molecule has 0 atom stereocenters. The molecule has 2 aromatic carbocycles. The fourth-order valence-electron chi connectivity index (χ4n) is 2.76. The molecule has 0 radical (unpaired) electrons. The molecular formula is C23H23ClN2O4. The highest BCUT2D eigenvalue weighted by Crippen LogP contribution is 2.35. The highest BCUT2D eigenvalue weighted by atomic mass is 35.5. The van der Waals surface area contributed by atoms with Crippen molar-refractivity contribution in [1.29, 1.82) is 0 Å². The molecule has 30 heavy (non-hydrogen) atoms. The molecule has 1 heterocycles. The van der Waals surface area contributed by atoms with E-state index in [-0.39, 0.29) is 5.91 Å². The van der Waals surface area contributed by atoms with E-state index in [0.717, 1.165) is 5.56 Å². The SMILES string of the molecule is CC(C)(C)OC(=O)Nc1ccccc1-c1occc1NC(=O)c1ccc(CCl)cc1. The Morgan fingerprint density at radius 1 is 0.967 bits per heavy atom. The minimum atomic E-state index is -0.623. The first-order valence-corrected chi connectivity index (χ1v) is 9.93. The number of hydrogen-bond acceptors (Lipinski definition) is 4. The number of para-hydroxylation sites is 1. The van der Waals surface area contributed by atoms with Gasteiger partial charge in [0.15, 0.2) is 5.76 Å². The molecule has 7 heteroatoms. The lowest BCUT2D eigenvalue weighted by Gasteiger charge is -2.20. The summed E-state index contributed by atoms with van der Waals surface area (Å²) in [5.74, 6) is 0.526. The second kappa shape index (κ2) is 9.05. The molecule has 3 rings (SSSR count). The van der Waals surface area contributed by atoms with Crippen molar-refractivity contribution in [3.8, 4) is 11.3 Å². The van der Waals surface area contributed by atoms with Gasteiger partial charge in [-0.3, -0.25) is 10.1 Å². The Balaban J connectivity index is 1.82. The number of nitrogens with one attached hydrogen (secondary N) is 2. The molecule has 0 fully saturated rings. The minimum Gasteiger partial charge on any atom is -0.462 e. The highest BCUT2D eigenvalue weighted by Gasteiger charge is 2.20. The molecule has 6 nitrogen and oxygen atoms in total. The molecule has 2 amide bonds. The topological polar surface area (TPSA) is 80.6 Å². The average Bonchev–Trinajstić information content (AvgIpc) is 3.14. The Hall–Kier alpha value is -3.25. The molecule has 0 saturated carbocycles. The standard InChI is InChI=1S/C23H23ClN2O4/c1-23(2,3)30-22(28)26-18-7-5-4-6-17(18)20-19(12-13-29-20)25-21(27)16-10-8-15(14-24)9-11-16/h4-13H,14H2,1-3H3,(H,25,27)(H,26,28). The van der Waals surface area contributed by atoms with Crippen molar-refractivity contribution < 1.29 is 18.7 Å². The lowest BCUT2D eigenvalue weighted by Crippen LogP contribution is -2.27. The number of hydrogen-bond donors (Lipinski definition) is 2. The van der Waals surface area contributed by atoms with E-state index in [9.17, 15) is 9.59 Å². The van der Waals surface area contributed by atoms with Gasteiger partial charge in [-0.2, -0.15) is 0 Å². The molecule has 2 N–H and O–H groups in total. The maximum Gasteiger partial charge on any atom is 0.412 e. The summed E-state index contributed by atoms with van der Waals surface area (Å²) < 4.78 is 10.9. The van der Waals surface area contributed by atoms with Crippen molar-refractivity contribution in [2.75, 3.05) is 10.6 Å². The largest absolute Gasteiger partial charge is 0.462 e. The third kappa shape index (κ3) is 5.42. The van der Waals surface area contributed by atoms with Gasteiger partial charge in [0, 0.05) is 23.1 Å². The predicted octanol–water partition coefficient (Wildman–Crippen LogP) is 6.28. The number of alkyl halides is 1. The van der Waals surface area contributed by atoms with Crippen LogP contribution in [0, 0.1) is 0 Å². The van der Waals surface area contributed by atoms with Crippen LogP contribution in [0.5, 0.6) is 0 Å². The van der Waals surface area contributed by atoms with E-state index >= 15 is 0 Å². The third-order valence-electron chi connectivity index (χ3n) is 4.09. The molecule has 1 aromatic heterocycles. The minimum absolute atomic E-state index is 0.281. The number of halogens is 1. The lowest BCUT2D eigenvalue weighted by atomic mass is 10.1. The second-order valence-electron chi connectivity index (χ2n) is 7.62. The van der Waals surface area contributed by atoms with Crippen molar-refractivity contribution >= 4 is 35.0 Å². The van der Waals surface area contributed by atoms with Gasteiger partial charge in [-0.15, -0.1) is 11.6 Å². The number of ether oxygens (including phenoxy) is 1. The van der Waals surface area contributed by atoms with Crippen LogP contribution >= 0.6 is 11.6 Å². The zero-order valence-corrected chi connectivity index (χ0v) is 17.7. The summed E-state index contributed by atoms with van der Waals surface area (Å²) in [6.07, 6.45) is 0.901. The molecule has 0 bridgehead atoms. The number of benzene rings is 2. The molecule has 0 spiro atoms. The molecule has 0 aliphatic rings. The zero-order valence-electron chi connectivity index (χ0n) is 17.0. The monoisotopic (exact) mass is 426 g/mol. The first-order valence-electron chi connectivity index (χ1n) is 9.40. The van der Waals surface area contributed by atoms with E-state index in [4.69, 9.17) is 20.8 Å². The number of carbonyl (C=O) groups excluding carboxylic acids is 2. The van der Waals surface area contributed by atoms with Gasteiger partial charge in [0.2, 0.25) is 0 Å². The fourth-order valence-corrected chi connectivity index (χ4v) is 2.94. The number of amides is 2. The molecule has 0 saturated heterocycles. The molecule has 3 aromatic rings. The first-order chi connectivity index (χ1) is 14.3. The van der Waals surface area contributed by atoms with Crippen LogP contribution in [-0.4, -0.2) is 17.6 Å². The lowest BCUT2D eigenvalue weighted by molar-refractivity contribution is 0.0636. The first kappa shape index (κ1) is 21.5. The normalized spacial score (nSPS) is 11.1. The second-order valence-corrected chi connectivity index (χ2v) is 7.89. The van der Waals surface area contributed by atoms with Crippen LogP contribution in [0.2, 0.25) is 0 Å². The van der Waals surface area contributed by atoms with Crippen LogP contribution in [0.25, 0.3) is 11.3 Å². The third-order valence-corrected chi connectivity index (χ3v) is 4.40. The van der Waals surface area contributed by atoms with Crippen molar-refractivity contribution in [2.24, 2.45) is 0 Å². The maximum atomic E-state index is 12.6. The van der Waals surface area contributed by atoms with Gasteiger partial charge < -0.3 is 14.5 Å². The summed E-state index contributed by atoms with van der Waals surface area (Å²) in [6.45, 7) is 5.37. The van der Waals surface area contributed by atoms with Gasteiger partial charge in [-0.05, 0) is 50.6 Å². The van der Waals surface area contributed by atoms with Crippen molar-refractivity contribution in [3.05, 3.63) is 72.0 Å². The summed E-state index contributed by atoms with van der Waals surface area (Å²) in [7, 11) is 0. The fraction of sp³-hybridized carbons (Fsp3) is 0.217. The Bertz CT molecular complexity index is 1040. The zero-order chi connectivity index (χ0) is 21.7. The van der Waals surface area contributed by atoms with Gasteiger partial charge in [-0.25, -0.2) is 4.79 Å². The van der Waals surface area contributed by atoms with E-state index < -0.39 is 11.7 Å². The number of rotatable bonds is 5. The van der Waals surface area contributed by atoms with Gasteiger partial charge in [0.05, 0.1) is 17.6 Å². The number of carbonyl (C=O) groups is 2. The van der Waals surface area contributed by atoms with Crippen LogP contribution in [0.3, 0.4) is 0 Å². The van der Waals surface area contributed by atoms with Crippen molar-refractivity contribution in [3.63, 3.8) is 0 Å². The molecule has 0 aliphatic heterocycles. The number of anilines is 2. The van der Waals surface area contributed by atoms with Crippen LogP contribution in [-0.2, 0) is 10.6 Å². The van der Waals surface area contributed by atoms with Crippen LogP contribution in [0.1, 0.15) is 36.7 Å². The van der Waals surface area contributed by atoms with Gasteiger partial charge in [0.1, 0.15) is 5.60 Å². The van der Waals surface area contributed by atoms with Gasteiger partial charge >= 0.3 is 6.09 Å². The van der Waals surface area contributed by atoms with E-state index in [0.29, 0.717) is 34.1 Å². The maximum absolute atomic E-state index is 12.6. The summed E-state index contributed by atoms with van der Waals surface area (Å²) in [5.41, 5.74) is 2.40. The summed E-state index contributed by atoms with van der Waals surface area (Å²) in [6, 6.07) is 15.8. The van der Waals surface area contributed by atoms with Crippen LogP contribution in [0.15, 0.2) is 65.3 Å². The Kier molecular flexibility index (Phi) is 6.47. The molecule has 0 aliphatic carbocycles. The van der Waals surface area contributed by atoms with Crippen LogP contribution < -0.4 is 10.6 Å². The molecular weight excluding hydrogens is 404 g/mol. The van der Waals surface area contributed by atoms with Crippen molar-refractivity contribution in [2.45, 2.75) is 32.3 Å². The van der Waals surface area contributed by atoms with Crippen molar-refractivity contribution in [1.82, 2.24) is 0 Å². The van der Waals surface area contributed by atoms with Crippen LogP contribution in [0.4, 0.5) is 16.2 Å². The van der Waals surface area contributed by atoms with E-state index in [1.54, 1.807) is 69.3 Å². The quantitative estimate of drug-likeness (QED) is 0.470. The predicted molar refractivity (Wildman–Crippen MR) is 118 cm³/mol. The molecule has 0 unspecified atom stereocenters. The van der Waals surface area contributed by atoms with E-state index in [2.05, 4.69) is 10.6 Å². The van der Waals surface area contributed by atoms with E-state index in [1.807, 2.05) is 6.07 Å². The number of furan rings is 1. The summed E-state index contributed by atoms with van der Waals surface area (Å²) in [4.78, 5) is 24.8. The average molecular weight is 427 g/mol. The van der Waals surface area contributed by atoms with Gasteiger partial charge in [-0.1, -0.05) is 24.3 Å². The Morgan fingerprint density at radius 2 is 1.67 bits per heavy atom. The highest BCUT2D eigenvalue weighted by molar-refractivity contribution is 6.17. The van der Waals surface area contributed by atoms with Gasteiger partial charge in [0.25, 0.3) is 5.91 Å². The smallest absolute Gasteiger partial charge is 0.412 e. The Labute approximate surface area is 180 Å². The Morgan fingerprint density at radius 3 is 2.33 bits per heavy atom. The summed E-state index contributed by atoms with van der Waals surface area (Å²) in [5, 5.41) is 5.59. The molecule has 156 valence electrons.